The molecule has 2 fully saturated rings. The third-order valence-corrected chi connectivity index (χ3v) is 5.79. The van der Waals surface area contributed by atoms with Crippen molar-refractivity contribution in [3.63, 3.8) is 0 Å². The molecule has 2 atom stereocenters. The van der Waals surface area contributed by atoms with Crippen molar-refractivity contribution >= 4 is 9.84 Å². The number of hydrogen-bond donors (Lipinski definition) is 1. The van der Waals surface area contributed by atoms with E-state index in [-0.39, 0.29) is 6.04 Å². The van der Waals surface area contributed by atoms with E-state index in [2.05, 4.69) is 17.1 Å². The molecule has 2 aliphatic heterocycles. The average Bonchev–Trinajstić information content (AvgIpc) is 2.97. The Bertz CT molecular complexity index is 366. The normalized spacial score (nSPS) is 30.2. The molecule has 2 rings (SSSR count). The standard InChI is InChI=1S/C13H26N2O3S/c1-2-15(10-13-4-3-8-18-13)7-6-14-12-5-9-19(16,17)11-12/h12-14H,2-11H2,1H3. The Morgan fingerprint density at radius 3 is 2.79 bits per heavy atom. The zero-order valence-electron chi connectivity index (χ0n) is 11.8. The van der Waals surface area contributed by atoms with Gasteiger partial charge in [-0.15, -0.1) is 0 Å². The fourth-order valence-corrected chi connectivity index (χ4v) is 4.55. The van der Waals surface area contributed by atoms with Crippen LogP contribution in [0.3, 0.4) is 0 Å². The number of nitrogens with zero attached hydrogens (tertiary/aromatic N) is 1. The fraction of sp³-hybridized carbons (Fsp3) is 1.00. The summed E-state index contributed by atoms with van der Waals surface area (Å²) in [5.41, 5.74) is 0. The molecule has 6 heteroatoms. The quantitative estimate of drug-likeness (QED) is 0.729. The van der Waals surface area contributed by atoms with Crippen LogP contribution < -0.4 is 5.32 Å². The van der Waals surface area contributed by atoms with Gasteiger partial charge in [0.25, 0.3) is 0 Å². The lowest BCUT2D eigenvalue weighted by molar-refractivity contribution is 0.0750. The number of likely N-dealkylation sites (N-methyl/N-ethyl adjacent to an activating group) is 1. The molecule has 0 aromatic heterocycles. The van der Waals surface area contributed by atoms with Gasteiger partial charge in [0.05, 0.1) is 17.6 Å². The van der Waals surface area contributed by atoms with Crippen molar-refractivity contribution < 1.29 is 13.2 Å². The Labute approximate surface area is 116 Å². The van der Waals surface area contributed by atoms with E-state index in [1.165, 1.54) is 12.8 Å². The highest BCUT2D eigenvalue weighted by Gasteiger charge is 2.27. The highest BCUT2D eigenvalue weighted by Crippen LogP contribution is 2.13. The van der Waals surface area contributed by atoms with Crippen LogP contribution in [0.15, 0.2) is 0 Å². The fourth-order valence-electron chi connectivity index (χ4n) is 2.84. The maximum Gasteiger partial charge on any atom is 0.151 e. The molecule has 2 heterocycles. The molecule has 0 radical (unpaired) electrons. The zero-order chi connectivity index (χ0) is 13.7. The Kier molecular flexibility index (Phi) is 5.62. The minimum absolute atomic E-state index is 0.159. The Balaban J connectivity index is 1.63. The molecule has 1 N–H and O–H groups in total. The van der Waals surface area contributed by atoms with E-state index in [1.807, 2.05) is 0 Å². The van der Waals surface area contributed by atoms with E-state index >= 15 is 0 Å². The van der Waals surface area contributed by atoms with Crippen molar-refractivity contribution in [1.82, 2.24) is 10.2 Å². The molecule has 0 aromatic rings. The monoisotopic (exact) mass is 290 g/mol. The second kappa shape index (κ2) is 7.02. The van der Waals surface area contributed by atoms with Crippen LogP contribution in [0.4, 0.5) is 0 Å². The molecular formula is C13H26N2O3S. The summed E-state index contributed by atoms with van der Waals surface area (Å²) in [7, 11) is -2.77. The van der Waals surface area contributed by atoms with Crippen LogP contribution >= 0.6 is 0 Å². The van der Waals surface area contributed by atoms with Crippen LogP contribution in [-0.2, 0) is 14.6 Å². The highest BCUT2D eigenvalue weighted by molar-refractivity contribution is 7.91. The second-order valence-electron chi connectivity index (χ2n) is 5.58. The SMILES string of the molecule is CCN(CCNC1CCS(=O)(=O)C1)CC1CCCO1. The smallest absolute Gasteiger partial charge is 0.151 e. The van der Waals surface area contributed by atoms with Crippen molar-refractivity contribution in [2.75, 3.05) is 44.3 Å². The van der Waals surface area contributed by atoms with Crippen LogP contribution in [0.2, 0.25) is 0 Å². The van der Waals surface area contributed by atoms with E-state index in [4.69, 9.17) is 4.74 Å². The maximum atomic E-state index is 11.4. The van der Waals surface area contributed by atoms with Crippen LogP contribution in [0.25, 0.3) is 0 Å². The van der Waals surface area contributed by atoms with Gasteiger partial charge in [-0.25, -0.2) is 8.42 Å². The highest BCUT2D eigenvalue weighted by atomic mass is 32.2. The van der Waals surface area contributed by atoms with Crippen LogP contribution in [-0.4, -0.2) is 69.8 Å². The molecule has 2 saturated heterocycles. The molecular weight excluding hydrogens is 264 g/mol. The van der Waals surface area contributed by atoms with Gasteiger partial charge < -0.3 is 10.1 Å². The summed E-state index contributed by atoms with van der Waals surface area (Å²) < 4.78 is 28.4. The summed E-state index contributed by atoms with van der Waals surface area (Å²) in [5.74, 6) is 0.656. The van der Waals surface area contributed by atoms with E-state index < -0.39 is 9.84 Å². The van der Waals surface area contributed by atoms with Crippen LogP contribution in [0.5, 0.6) is 0 Å². The molecule has 19 heavy (non-hydrogen) atoms. The maximum absolute atomic E-state index is 11.4. The van der Waals surface area contributed by atoms with Crippen molar-refractivity contribution in [2.45, 2.75) is 38.3 Å². The summed E-state index contributed by atoms with van der Waals surface area (Å²) in [4.78, 5) is 2.38. The first-order valence-corrected chi connectivity index (χ1v) is 9.19. The summed E-state index contributed by atoms with van der Waals surface area (Å²) >= 11 is 0. The van der Waals surface area contributed by atoms with Crippen molar-refractivity contribution in [1.29, 1.82) is 0 Å². The first-order chi connectivity index (χ1) is 9.09. The minimum atomic E-state index is -2.77. The van der Waals surface area contributed by atoms with E-state index in [9.17, 15) is 8.42 Å². The predicted octanol–water partition coefficient (Wildman–Crippen LogP) is 0.264. The van der Waals surface area contributed by atoms with Crippen LogP contribution in [0.1, 0.15) is 26.2 Å². The molecule has 0 amide bonds. The third kappa shape index (κ3) is 5.02. The molecule has 2 aliphatic rings. The molecule has 0 bridgehead atoms. The number of hydrogen-bond acceptors (Lipinski definition) is 5. The first-order valence-electron chi connectivity index (χ1n) is 7.37. The Hall–Kier alpha value is -0.170. The van der Waals surface area contributed by atoms with Gasteiger partial charge in [0.15, 0.2) is 9.84 Å². The average molecular weight is 290 g/mol. The molecule has 5 nitrogen and oxygen atoms in total. The summed E-state index contributed by atoms with van der Waals surface area (Å²) in [5, 5.41) is 3.37. The van der Waals surface area contributed by atoms with Gasteiger partial charge in [-0.1, -0.05) is 6.92 Å². The lowest BCUT2D eigenvalue weighted by Gasteiger charge is -2.24. The molecule has 0 spiro atoms. The van der Waals surface area contributed by atoms with Gasteiger partial charge in [0, 0.05) is 32.3 Å². The van der Waals surface area contributed by atoms with Gasteiger partial charge in [-0.05, 0) is 25.8 Å². The lowest BCUT2D eigenvalue weighted by Crippen LogP contribution is -2.40. The molecule has 0 aromatic carbocycles. The summed E-state index contributed by atoms with van der Waals surface area (Å²) in [6.45, 7) is 6.91. The van der Waals surface area contributed by atoms with E-state index in [0.29, 0.717) is 17.6 Å². The predicted molar refractivity (Wildman–Crippen MR) is 76.1 cm³/mol. The third-order valence-electron chi connectivity index (χ3n) is 4.03. The first kappa shape index (κ1) is 15.2. The van der Waals surface area contributed by atoms with Gasteiger partial charge in [0.1, 0.15) is 0 Å². The topological polar surface area (TPSA) is 58.6 Å². The summed E-state index contributed by atoms with van der Waals surface area (Å²) in [6.07, 6.45) is 3.51. The number of rotatable bonds is 7. The van der Waals surface area contributed by atoms with Gasteiger partial charge in [0.2, 0.25) is 0 Å². The number of sulfone groups is 1. The lowest BCUT2D eigenvalue weighted by atomic mass is 10.2. The second-order valence-corrected chi connectivity index (χ2v) is 7.81. The van der Waals surface area contributed by atoms with Gasteiger partial charge in [-0.2, -0.15) is 0 Å². The Morgan fingerprint density at radius 1 is 1.37 bits per heavy atom. The largest absolute Gasteiger partial charge is 0.377 e. The van der Waals surface area contributed by atoms with Crippen molar-refractivity contribution in [3.05, 3.63) is 0 Å². The summed E-state index contributed by atoms with van der Waals surface area (Å²) in [6, 6.07) is 0.159. The number of ether oxygens (including phenoxy) is 1. The number of nitrogens with one attached hydrogen (secondary N) is 1. The zero-order valence-corrected chi connectivity index (χ0v) is 12.6. The molecule has 2 unspecified atom stereocenters. The van der Waals surface area contributed by atoms with Gasteiger partial charge >= 0.3 is 0 Å². The van der Waals surface area contributed by atoms with Gasteiger partial charge in [-0.3, -0.25) is 4.90 Å². The van der Waals surface area contributed by atoms with Crippen molar-refractivity contribution in [2.24, 2.45) is 0 Å². The molecule has 112 valence electrons. The molecule has 0 aliphatic carbocycles. The van der Waals surface area contributed by atoms with E-state index in [0.717, 1.165) is 39.2 Å². The minimum Gasteiger partial charge on any atom is -0.377 e. The van der Waals surface area contributed by atoms with E-state index in [1.54, 1.807) is 0 Å². The Morgan fingerprint density at radius 2 is 2.21 bits per heavy atom. The van der Waals surface area contributed by atoms with Crippen LogP contribution in [0, 0.1) is 0 Å². The van der Waals surface area contributed by atoms with Crippen molar-refractivity contribution in [3.8, 4) is 0 Å². The molecule has 0 saturated carbocycles.